The van der Waals surface area contributed by atoms with Crippen molar-refractivity contribution in [3.63, 3.8) is 0 Å². The Balaban J connectivity index is 2.71. The van der Waals surface area contributed by atoms with Crippen molar-refractivity contribution >= 4 is 11.9 Å². The minimum Gasteiger partial charge on any atom is -0.507 e. The number of nitrogens with one attached hydrogen (secondary N) is 1. The molecule has 1 amide bonds. The van der Waals surface area contributed by atoms with Gasteiger partial charge in [-0.15, -0.1) is 0 Å². The van der Waals surface area contributed by atoms with Crippen LogP contribution in [0.1, 0.15) is 23.7 Å². The number of ether oxygens (including phenoxy) is 1. The number of benzene rings is 1. The van der Waals surface area contributed by atoms with Crippen molar-refractivity contribution in [1.82, 2.24) is 5.32 Å². The van der Waals surface area contributed by atoms with Gasteiger partial charge in [0.15, 0.2) is 0 Å². The predicted octanol–water partition coefficient (Wildman–Crippen LogP) is 1.24. The molecule has 6 heteroatoms. The van der Waals surface area contributed by atoms with Gasteiger partial charge in [-0.25, -0.2) is 0 Å². The molecule has 1 atom stereocenters. The second-order valence-corrected chi connectivity index (χ2v) is 4.04. The molecule has 0 heterocycles. The molecule has 3 N–H and O–H groups in total. The standard InChI is InChI=1S/C13H17NO5/c1-3-8(13(17)18)7-14-12(16)10-5-4-9(19-2)6-11(10)15/h4-6,8,15H,3,7H2,1-2H3,(H,14,16)(H,17,18). The van der Waals surface area contributed by atoms with Gasteiger partial charge in [0.05, 0.1) is 18.6 Å². The highest BCUT2D eigenvalue weighted by atomic mass is 16.5. The highest BCUT2D eigenvalue weighted by Gasteiger charge is 2.18. The van der Waals surface area contributed by atoms with Crippen LogP contribution in [-0.2, 0) is 4.79 Å². The van der Waals surface area contributed by atoms with Gasteiger partial charge in [0.1, 0.15) is 11.5 Å². The molecule has 1 aromatic rings. The van der Waals surface area contributed by atoms with E-state index in [1.807, 2.05) is 0 Å². The number of carbonyl (C=O) groups excluding carboxylic acids is 1. The van der Waals surface area contributed by atoms with Crippen LogP contribution in [0.15, 0.2) is 18.2 Å². The SMILES string of the molecule is CCC(CNC(=O)c1ccc(OC)cc1O)C(=O)O. The molecule has 6 nitrogen and oxygen atoms in total. The molecular formula is C13H17NO5. The van der Waals surface area contributed by atoms with E-state index in [0.717, 1.165) is 0 Å². The number of carboxylic acid groups (broad SMARTS) is 1. The monoisotopic (exact) mass is 267 g/mol. The van der Waals surface area contributed by atoms with Crippen LogP contribution in [0, 0.1) is 5.92 Å². The summed E-state index contributed by atoms with van der Waals surface area (Å²) in [6, 6.07) is 4.29. The Hall–Kier alpha value is -2.24. The Morgan fingerprint density at radius 1 is 1.42 bits per heavy atom. The summed E-state index contributed by atoms with van der Waals surface area (Å²) >= 11 is 0. The highest BCUT2D eigenvalue weighted by molar-refractivity contribution is 5.97. The maximum Gasteiger partial charge on any atom is 0.308 e. The lowest BCUT2D eigenvalue weighted by atomic mass is 10.1. The van der Waals surface area contributed by atoms with Gasteiger partial charge in [0.25, 0.3) is 5.91 Å². The molecule has 0 bridgehead atoms. The van der Waals surface area contributed by atoms with E-state index >= 15 is 0 Å². The molecular weight excluding hydrogens is 250 g/mol. The summed E-state index contributed by atoms with van der Waals surface area (Å²) in [7, 11) is 1.45. The van der Waals surface area contributed by atoms with Crippen molar-refractivity contribution < 1.29 is 24.5 Å². The minimum atomic E-state index is -0.957. The molecule has 0 spiro atoms. The summed E-state index contributed by atoms with van der Waals surface area (Å²) in [6.07, 6.45) is 0.421. The molecule has 104 valence electrons. The van der Waals surface area contributed by atoms with E-state index in [9.17, 15) is 14.7 Å². The van der Waals surface area contributed by atoms with Gasteiger partial charge in [-0.2, -0.15) is 0 Å². The molecule has 0 fully saturated rings. The number of hydrogen-bond donors (Lipinski definition) is 3. The van der Waals surface area contributed by atoms with E-state index in [4.69, 9.17) is 9.84 Å². The topological polar surface area (TPSA) is 95.9 Å². The fourth-order valence-electron chi connectivity index (χ4n) is 1.55. The molecule has 0 aliphatic heterocycles. The van der Waals surface area contributed by atoms with Crippen LogP contribution in [0.5, 0.6) is 11.5 Å². The van der Waals surface area contributed by atoms with E-state index < -0.39 is 17.8 Å². The molecule has 1 rings (SSSR count). The Morgan fingerprint density at radius 2 is 2.11 bits per heavy atom. The number of hydrogen-bond acceptors (Lipinski definition) is 4. The first-order valence-electron chi connectivity index (χ1n) is 5.87. The van der Waals surface area contributed by atoms with Crippen LogP contribution in [0.25, 0.3) is 0 Å². The number of rotatable bonds is 6. The van der Waals surface area contributed by atoms with Gasteiger partial charge in [0, 0.05) is 12.6 Å². The lowest BCUT2D eigenvalue weighted by Crippen LogP contribution is -2.32. The molecule has 1 aromatic carbocycles. The zero-order valence-electron chi connectivity index (χ0n) is 10.8. The van der Waals surface area contributed by atoms with Gasteiger partial charge >= 0.3 is 5.97 Å². The minimum absolute atomic E-state index is 0.0239. The lowest BCUT2D eigenvalue weighted by molar-refractivity contribution is -0.141. The van der Waals surface area contributed by atoms with Crippen molar-refractivity contribution in [2.75, 3.05) is 13.7 Å². The van der Waals surface area contributed by atoms with Crippen molar-refractivity contribution in [2.24, 2.45) is 5.92 Å². The zero-order valence-corrected chi connectivity index (χ0v) is 10.8. The second kappa shape index (κ2) is 6.63. The summed E-state index contributed by atoms with van der Waals surface area (Å²) < 4.78 is 4.91. The van der Waals surface area contributed by atoms with E-state index in [-0.39, 0.29) is 17.9 Å². The third-order valence-corrected chi connectivity index (χ3v) is 2.80. The molecule has 0 aliphatic rings. The average Bonchev–Trinajstić information content (AvgIpc) is 2.38. The van der Waals surface area contributed by atoms with Crippen molar-refractivity contribution in [1.29, 1.82) is 0 Å². The van der Waals surface area contributed by atoms with Gasteiger partial charge in [-0.1, -0.05) is 6.92 Å². The Kier molecular flexibility index (Phi) is 5.17. The first-order chi connectivity index (χ1) is 8.99. The van der Waals surface area contributed by atoms with Crippen LogP contribution in [0.4, 0.5) is 0 Å². The number of carbonyl (C=O) groups is 2. The molecule has 0 aromatic heterocycles. The summed E-state index contributed by atoms with van der Waals surface area (Å²) in [5.41, 5.74) is 0.0843. The Bertz CT molecular complexity index is 472. The molecule has 0 radical (unpaired) electrons. The van der Waals surface area contributed by atoms with Crippen LogP contribution < -0.4 is 10.1 Å². The summed E-state index contributed by atoms with van der Waals surface area (Å²) in [5, 5.41) is 21.0. The number of methoxy groups -OCH3 is 1. The molecule has 0 aliphatic carbocycles. The molecule has 0 saturated heterocycles. The lowest BCUT2D eigenvalue weighted by Gasteiger charge is -2.12. The van der Waals surface area contributed by atoms with Gasteiger partial charge in [0.2, 0.25) is 0 Å². The van der Waals surface area contributed by atoms with Crippen molar-refractivity contribution in [3.05, 3.63) is 23.8 Å². The number of phenols is 1. The van der Waals surface area contributed by atoms with Crippen LogP contribution in [0.3, 0.4) is 0 Å². The third-order valence-electron chi connectivity index (χ3n) is 2.80. The second-order valence-electron chi connectivity index (χ2n) is 4.04. The van der Waals surface area contributed by atoms with E-state index in [1.165, 1.54) is 19.2 Å². The number of aliphatic carboxylic acids is 1. The first-order valence-corrected chi connectivity index (χ1v) is 5.87. The summed E-state index contributed by atoms with van der Waals surface area (Å²) in [6.45, 7) is 1.76. The maximum absolute atomic E-state index is 11.8. The first kappa shape index (κ1) is 14.8. The molecule has 1 unspecified atom stereocenters. The fourth-order valence-corrected chi connectivity index (χ4v) is 1.55. The molecule has 19 heavy (non-hydrogen) atoms. The number of carboxylic acids is 1. The number of aromatic hydroxyl groups is 1. The average molecular weight is 267 g/mol. The van der Waals surface area contributed by atoms with Crippen LogP contribution >= 0.6 is 0 Å². The Labute approximate surface area is 111 Å². The number of phenolic OH excluding ortho intramolecular Hbond substituents is 1. The van der Waals surface area contributed by atoms with Gasteiger partial charge in [-0.3, -0.25) is 9.59 Å². The number of amides is 1. The van der Waals surface area contributed by atoms with Crippen LogP contribution in [0.2, 0.25) is 0 Å². The maximum atomic E-state index is 11.8. The van der Waals surface area contributed by atoms with E-state index in [0.29, 0.717) is 12.2 Å². The van der Waals surface area contributed by atoms with Crippen LogP contribution in [-0.4, -0.2) is 35.7 Å². The summed E-state index contributed by atoms with van der Waals surface area (Å²) in [5.74, 6) is -1.88. The normalized spacial score (nSPS) is 11.7. The van der Waals surface area contributed by atoms with E-state index in [1.54, 1.807) is 13.0 Å². The third kappa shape index (κ3) is 3.87. The van der Waals surface area contributed by atoms with E-state index in [2.05, 4.69) is 5.32 Å². The predicted molar refractivity (Wildman–Crippen MR) is 68.4 cm³/mol. The quantitative estimate of drug-likeness (QED) is 0.720. The van der Waals surface area contributed by atoms with Gasteiger partial charge in [-0.05, 0) is 18.6 Å². The summed E-state index contributed by atoms with van der Waals surface area (Å²) in [4.78, 5) is 22.6. The molecule has 0 saturated carbocycles. The van der Waals surface area contributed by atoms with Crippen molar-refractivity contribution in [2.45, 2.75) is 13.3 Å². The zero-order chi connectivity index (χ0) is 14.4. The van der Waals surface area contributed by atoms with Gasteiger partial charge < -0.3 is 20.3 Å². The fraction of sp³-hybridized carbons (Fsp3) is 0.385. The smallest absolute Gasteiger partial charge is 0.308 e. The Morgan fingerprint density at radius 3 is 2.58 bits per heavy atom. The largest absolute Gasteiger partial charge is 0.507 e. The van der Waals surface area contributed by atoms with Crippen molar-refractivity contribution in [3.8, 4) is 11.5 Å². The highest BCUT2D eigenvalue weighted by Crippen LogP contribution is 2.23.